The number of nitrogens with zero attached hydrogens (tertiary/aromatic N) is 2. The van der Waals surface area contributed by atoms with Gasteiger partial charge in [-0.3, -0.25) is 10.9 Å². The molecule has 6 atom stereocenters. The van der Waals surface area contributed by atoms with Gasteiger partial charge in [-0.15, -0.1) is 0 Å². The molecule has 0 aromatic carbocycles. The van der Waals surface area contributed by atoms with Crippen molar-refractivity contribution in [1.82, 2.24) is 30.9 Å². The Morgan fingerprint density at radius 2 is 1.82 bits per heavy atom. The maximum absolute atomic E-state index is 13.4. The number of fused-ring (bicyclic) bond motifs is 1. The summed E-state index contributed by atoms with van der Waals surface area (Å²) in [5.41, 5.74) is 6.21. The first-order valence-corrected chi connectivity index (χ1v) is 14.1. The number of likely N-dealkylation sites (N-methyl/N-ethyl adjacent to an activating group) is 1. The first-order valence-electron chi connectivity index (χ1n) is 12.6. The van der Waals surface area contributed by atoms with Gasteiger partial charge in [0.2, 0.25) is 10.0 Å². The lowest BCUT2D eigenvalue weighted by atomic mass is 9.80. The van der Waals surface area contributed by atoms with Gasteiger partial charge in [0.25, 0.3) is 0 Å². The van der Waals surface area contributed by atoms with Gasteiger partial charge in [0.15, 0.2) is 0 Å². The highest BCUT2D eigenvalue weighted by molar-refractivity contribution is 7.90. The number of nitrogens with one attached hydrogen (secondary N) is 4. The number of hydrogen-bond donors (Lipinski definition) is 4. The van der Waals surface area contributed by atoms with Gasteiger partial charge in [-0.1, -0.05) is 6.42 Å². The molecule has 0 spiro atoms. The molecule has 4 aliphatic rings. The minimum absolute atomic E-state index is 0.0198. The van der Waals surface area contributed by atoms with Crippen molar-refractivity contribution in [2.75, 3.05) is 67.8 Å². The molecule has 12 heteroatoms. The first-order chi connectivity index (χ1) is 16.3. The normalized spacial score (nSPS) is 36.1. The highest BCUT2D eigenvalue weighted by atomic mass is 32.2. The Bertz CT molecular complexity index is 765. The Morgan fingerprint density at radius 3 is 2.53 bits per heavy atom. The molecule has 3 saturated heterocycles. The van der Waals surface area contributed by atoms with E-state index in [4.69, 9.17) is 14.2 Å². The monoisotopic (exact) mass is 504 g/mol. The fourth-order valence-corrected chi connectivity index (χ4v) is 8.08. The third kappa shape index (κ3) is 5.46. The van der Waals surface area contributed by atoms with Crippen LogP contribution in [0, 0.1) is 11.8 Å². The molecule has 11 nitrogen and oxygen atoms in total. The van der Waals surface area contributed by atoms with E-state index in [9.17, 15) is 8.42 Å². The van der Waals surface area contributed by atoms with Gasteiger partial charge in [-0.25, -0.2) is 23.2 Å². The first kappa shape index (κ1) is 26.6. The molecule has 0 radical (unpaired) electrons. The van der Waals surface area contributed by atoms with Crippen LogP contribution in [0.2, 0.25) is 0 Å². The van der Waals surface area contributed by atoms with Crippen molar-refractivity contribution in [3.05, 3.63) is 0 Å². The third-order valence-corrected chi connectivity index (χ3v) is 10.2. The average molecular weight is 505 g/mol. The van der Waals surface area contributed by atoms with Crippen molar-refractivity contribution in [3.8, 4) is 0 Å². The molecular weight excluding hydrogens is 460 g/mol. The summed E-state index contributed by atoms with van der Waals surface area (Å²) in [6.07, 6.45) is 4.89. The van der Waals surface area contributed by atoms with E-state index in [0.29, 0.717) is 32.2 Å². The fourth-order valence-electron chi connectivity index (χ4n) is 6.55. The quantitative estimate of drug-likeness (QED) is 0.298. The predicted octanol–water partition coefficient (Wildman–Crippen LogP) is -0.914. The van der Waals surface area contributed by atoms with Crippen LogP contribution in [-0.4, -0.2) is 115 Å². The number of rotatable bonds is 10. The number of hydrazine groups is 2. The van der Waals surface area contributed by atoms with E-state index in [0.717, 1.165) is 45.2 Å². The zero-order chi connectivity index (χ0) is 24.3. The summed E-state index contributed by atoms with van der Waals surface area (Å²) in [6.45, 7) is 3.53. The van der Waals surface area contributed by atoms with Crippen LogP contribution in [0.1, 0.15) is 32.1 Å². The van der Waals surface area contributed by atoms with Gasteiger partial charge in [0.1, 0.15) is 10.9 Å². The number of piperidine rings is 1. The maximum atomic E-state index is 13.4. The minimum Gasteiger partial charge on any atom is -0.382 e. The Kier molecular flexibility index (Phi) is 8.88. The number of hydrogen-bond acceptors (Lipinski definition) is 10. The molecule has 3 aliphatic heterocycles. The van der Waals surface area contributed by atoms with Crippen molar-refractivity contribution < 1.29 is 22.6 Å². The molecule has 198 valence electrons. The van der Waals surface area contributed by atoms with Crippen LogP contribution in [0.4, 0.5) is 0 Å². The molecule has 6 unspecified atom stereocenters. The molecule has 0 aromatic rings. The zero-order valence-electron chi connectivity index (χ0n) is 21.1. The van der Waals surface area contributed by atoms with E-state index >= 15 is 0 Å². The molecular formula is C22H44N6O5S. The molecule has 0 amide bonds. The molecule has 1 saturated carbocycles. The molecule has 4 fully saturated rings. The topological polar surface area (TPSA) is 116 Å². The van der Waals surface area contributed by atoms with E-state index in [1.165, 1.54) is 0 Å². The molecule has 34 heavy (non-hydrogen) atoms. The van der Waals surface area contributed by atoms with Gasteiger partial charge >= 0.3 is 0 Å². The summed E-state index contributed by atoms with van der Waals surface area (Å²) < 4.78 is 46.8. The van der Waals surface area contributed by atoms with E-state index in [2.05, 4.69) is 30.9 Å². The van der Waals surface area contributed by atoms with Crippen LogP contribution in [0.25, 0.3) is 0 Å². The smallest absolute Gasteiger partial charge is 0.217 e. The van der Waals surface area contributed by atoms with Crippen molar-refractivity contribution in [1.29, 1.82) is 0 Å². The Balaban J connectivity index is 1.37. The van der Waals surface area contributed by atoms with Gasteiger partial charge in [-0.05, 0) is 44.1 Å². The molecule has 1 aliphatic carbocycles. The standard InChI is InChI=1S/C22H44N6O5S/c1-27-21-16(11-24-27)6-5-7-19(21)26-34(29,30)18-12-25-28(13-18)20-10-17(8-9-23-20)22(33-4,14-31-2)15-32-3/h16-21,23-26H,5-15H2,1-4H3. The van der Waals surface area contributed by atoms with Crippen LogP contribution < -0.4 is 20.9 Å². The lowest BCUT2D eigenvalue weighted by molar-refractivity contribution is -0.149. The van der Waals surface area contributed by atoms with Crippen molar-refractivity contribution >= 4 is 10.0 Å². The molecule has 4 N–H and O–H groups in total. The lowest BCUT2D eigenvalue weighted by Crippen LogP contribution is -2.59. The Labute approximate surface area is 204 Å². The summed E-state index contributed by atoms with van der Waals surface area (Å²) in [6, 6.07) is 0.180. The van der Waals surface area contributed by atoms with Crippen molar-refractivity contribution in [3.63, 3.8) is 0 Å². The highest BCUT2D eigenvalue weighted by Crippen LogP contribution is 2.34. The highest BCUT2D eigenvalue weighted by Gasteiger charge is 2.46. The number of ether oxygens (including phenoxy) is 3. The van der Waals surface area contributed by atoms with Crippen LogP contribution in [0.3, 0.4) is 0 Å². The summed E-state index contributed by atoms with van der Waals surface area (Å²) in [5, 5.41) is 7.23. The van der Waals surface area contributed by atoms with Crippen molar-refractivity contribution in [2.45, 2.75) is 61.2 Å². The summed E-state index contributed by atoms with van der Waals surface area (Å²) >= 11 is 0. The lowest BCUT2D eigenvalue weighted by Gasteiger charge is -2.44. The minimum atomic E-state index is -3.46. The van der Waals surface area contributed by atoms with Gasteiger partial charge in [-0.2, -0.15) is 0 Å². The van der Waals surface area contributed by atoms with Crippen molar-refractivity contribution in [2.24, 2.45) is 11.8 Å². The van der Waals surface area contributed by atoms with Crippen LogP contribution in [-0.2, 0) is 24.2 Å². The summed E-state index contributed by atoms with van der Waals surface area (Å²) in [4.78, 5) is 0. The SMILES string of the molecule is COCC(COC)(OC)C1CCNC(N2CC(S(=O)(=O)NC3CCCC4CNN(C)C43)CN2)C1. The molecule has 0 bridgehead atoms. The Hall–Kier alpha value is -0.410. The predicted molar refractivity (Wildman–Crippen MR) is 129 cm³/mol. The van der Waals surface area contributed by atoms with Gasteiger partial charge < -0.3 is 19.5 Å². The zero-order valence-corrected chi connectivity index (χ0v) is 21.9. The number of sulfonamides is 1. The number of methoxy groups -OCH3 is 3. The van der Waals surface area contributed by atoms with E-state index in [1.807, 2.05) is 7.05 Å². The molecule has 4 rings (SSSR count). The van der Waals surface area contributed by atoms with E-state index < -0.39 is 20.9 Å². The second-order valence-corrected chi connectivity index (χ2v) is 12.4. The summed E-state index contributed by atoms with van der Waals surface area (Å²) in [5.74, 6) is 0.733. The van der Waals surface area contributed by atoms with Gasteiger partial charge in [0.05, 0.1) is 19.4 Å². The second kappa shape index (κ2) is 11.3. The van der Waals surface area contributed by atoms with Crippen LogP contribution in [0.5, 0.6) is 0 Å². The Morgan fingerprint density at radius 1 is 1.06 bits per heavy atom. The second-order valence-electron chi connectivity index (χ2n) is 10.4. The van der Waals surface area contributed by atoms with E-state index in [1.54, 1.807) is 21.3 Å². The largest absolute Gasteiger partial charge is 0.382 e. The summed E-state index contributed by atoms with van der Waals surface area (Å²) in [7, 11) is 3.64. The molecule has 3 heterocycles. The maximum Gasteiger partial charge on any atom is 0.217 e. The van der Waals surface area contributed by atoms with Crippen LogP contribution in [0.15, 0.2) is 0 Å². The van der Waals surface area contributed by atoms with E-state index in [-0.39, 0.29) is 24.2 Å². The fraction of sp³-hybridized carbons (Fsp3) is 1.00. The average Bonchev–Trinajstić information content (AvgIpc) is 3.47. The third-order valence-electron chi connectivity index (χ3n) is 8.40. The van der Waals surface area contributed by atoms with Gasteiger partial charge in [0, 0.05) is 60.1 Å². The van der Waals surface area contributed by atoms with Crippen LogP contribution >= 0.6 is 0 Å². The molecule has 0 aromatic heterocycles.